The molecule has 7 nitrogen and oxygen atoms in total. The molecular formula is C30H32Cl3N3O4S. The molecule has 0 radical (unpaired) electrons. The zero-order valence-electron chi connectivity index (χ0n) is 22.6. The second-order valence-corrected chi connectivity index (χ2v) is 13.1. The highest BCUT2D eigenvalue weighted by Gasteiger charge is 2.34. The van der Waals surface area contributed by atoms with Crippen LogP contribution in [0.4, 0.5) is 5.69 Å². The Labute approximate surface area is 256 Å². The molecule has 2 amide bonds. The summed E-state index contributed by atoms with van der Waals surface area (Å²) in [4.78, 5) is 28.8. The van der Waals surface area contributed by atoms with Gasteiger partial charge in [0.25, 0.3) is 10.0 Å². The highest BCUT2D eigenvalue weighted by atomic mass is 35.5. The number of rotatable bonds is 10. The van der Waals surface area contributed by atoms with Crippen LogP contribution in [-0.2, 0) is 26.2 Å². The van der Waals surface area contributed by atoms with Gasteiger partial charge < -0.3 is 10.2 Å². The molecule has 3 aromatic carbocycles. The van der Waals surface area contributed by atoms with Crippen LogP contribution >= 0.6 is 34.8 Å². The van der Waals surface area contributed by atoms with Crippen LogP contribution in [-0.4, -0.2) is 43.8 Å². The average Bonchev–Trinajstić information content (AvgIpc) is 2.97. The van der Waals surface area contributed by atoms with Crippen LogP contribution in [0.25, 0.3) is 0 Å². The Kier molecular flexibility index (Phi) is 10.6. The van der Waals surface area contributed by atoms with Gasteiger partial charge in [-0.3, -0.25) is 13.9 Å². The third kappa shape index (κ3) is 7.74. The Hall–Kier alpha value is -2.78. The average molecular weight is 637 g/mol. The first-order valence-corrected chi connectivity index (χ1v) is 16.0. The molecular weight excluding hydrogens is 605 g/mol. The van der Waals surface area contributed by atoms with Gasteiger partial charge in [-0.05, 0) is 61.7 Å². The predicted octanol–water partition coefficient (Wildman–Crippen LogP) is 6.71. The van der Waals surface area contributed by atoms with Gasteiger partial charge in [0.1, 0.15) is 12.6 Å². The molecule has 41 heavy (non-hydrogen) atoms. The molecule has 0 spiro atoms. The van der Waals surface area contributed by atoms with Gasteiger partial charge in [-0.15, -0.1) is 0 Å². The third-order valence-electron chi connectivity index (χ3n) is 7.19. The number of amides is 2. The van der Waals surface area contributed by atoms with Crippen LogP contribution in [0.3, 0.4) is 0 Å². The van der Waals surface area contributed by atoms with Crippen molar-refractivity contribution in [3.05, 3.63) is 93.4 Å². The lowest BCUT2D eigenvalue weighted by molar-refractivity contribution is -0.139. The minimum atomic E-state index is -4.20. The molecule has 3 aromatic rings. The Morgan fingerprint density at radius 1 is 0.878 bits per heavy atom. The van der Waals surface area contributed by atoms with E-state index in [1.807, 2.05) is 0 Å². The number of nitrogens with zero attached hydrogens (tertiary/aromatic N) is 2. The van der Waals surface area contributed by atoms with Gasteiger partial charge in [0.2, 0.25) is 11.8 Å². The zero-order valence-corrected chi connectivity index (χ0v) is 25.7. The normalized spacial score (nSPS) is 14.7. The number of hydrogen-bond acceptors (Lipinski definition) is 4. The van der Waals surface area contributed by atoms with Crippen molar-refractivity contribution in [2.24, 2.45) is 0 Å². The number of para-hydroxylation sites is 1. The lowest BCUT2D eigenvalue weighted by Gasteiger charge is -2.33. The number of benzene rings is 3. The van der Waals surface area contributed by atoms with Gasteiger partial charge >= 0.3 is 0 Å². The standard InChI is InChI=1S/C30H32Cl3N3O4S/c1-21(30(38)34-23-10-4-2-5-11-23)35(19-22-16-17-25(31)27(33)18-22)29(37)20-36(28-15-9-8-14-26(28)32)41(39,40)24-12-6-3-7-13-24/h3,6-9,12-18,21,23H,2,4-5,10-11,19-20H2,1H3,(H,34,38)/t21-/m0/s1. The highest BCUT2D eigenvalue weighted by Crippen LogP contribution is 2.31. The van der Waals surface area contributed by atoms with E-state index in [4.69, 9.17) is 34.8 Å². The number of sulfonamides is 1. The summed E-state index contributed by atoms with van der Waals surface area (Å²) >= 11 is 18.8. The summed E-state index contributed by atoms with van der Waals surface area (Å²) in [6.07, 6.45) is 4.98. The van der Waals surface area contributed by atoms with Crippen molar-refractivity contribution in [1.29, 1.82) is 0 Å². The number of nitrogens with one attached hydrogen (secondary N) is 1. The second-order valence-electron chi connectivity index (χ2n) is 10.1. The Morgan fingerprint density at radius 2 is 1.54 bits per heavy atom. The summed E-state index contributed by atoms with van der Waals surface area (Å²) in [5, 5.41) is 3.91. The van der Waals surface area contributed by atoms with E-state index in [0.717, 1.165) is 36.4 Å². The molecule has 1 N–H and O–H groups in total. The molecule has 0 aromatic heterocycles. The Bertz CT molecular complexity index is 1480. The maximum atomic E-state index is 14.0. The molecule has 0 aliphatic heterocycles. The quantitative estimate of drug-likeness (QED) is 0.268. The van der Waals surface area contributed by atoms with Crippen molar-refractivity contribution in [2.75, 3.05) is 10.8 Å². The predicted molar refractivity (Wildman–Crippen MR) is 164 cm³/mol. The number of halogens is 3. The topological polar surface area (TPSA) is 86.8 Å². The first-order valence-electron chi connectivity index (χ1n) is 13.4. The molecule has 4 rings (SSSR count). The van der Waals surface area contributed by atoms with Crippen molar-refractivity contribution >= 4 is 62.3 Å². The van der Waals surface area contributed by atoms with E-state index in [9.17, 15) is 18.0 Å². The lowest BCUT2D eigenvalue weighted by atomic mass is 9.95. The molecule has 1 atom stereocenters. The van der Waals surface area contributed by atoms with Gasteiger partial charge in [0.05, 0.1) is 25.7 Å². The number of hydrogen-bond donors (Lipinski definition) is 1. The van der Waals surface area contributed by atoms with Crippen LogP contribution in [0.5, 0.6) is 0 Å². The first-order chi connectivity index (χ1) is 19.6. The zero-order chi connectivity index (χ0) is 29.6. The molecule has 0 unspecified atom stereocenters. The summed E-state index contributed by atoms with van der Waals surface area (Å²) in [6.45, 7) is 1.07. The summed E-state index contributed by atoms with van der Waals surface area (Å²) in [5.41, 5.74) is 0.792. The van der Waals surface area contributed by atoms with E-state index in [-0.39, 0.29) is 34.1 Å². The largest absolute Gasteiger partial charge is 0.352 e. The molecule has 1 aliphatic rings. The molecule has 1 saturated carbocycles. The number of carbonyl (C=O) groups excluding carboxylic acids is 2. The highest BCUT2D eigenvalue weighted by molar-refractivity contribution is 7.92. The van der Waals surface area contributed by atoms with E-state index in [2.05, 4.69) is 5.32 Å². The van der Waals surface area contributed by atoms with E-state index in [1.54, 1.807) is 67.6 Å². The fraction of sp³-hybridized carbons (Fsp3) is 0.333. The summed E-state index contributed by atoms with van der Waals surface area (Å²) in [5.74, 6) is -0.887. The van der Waals surface area contributed by atoms with Gasteiger partial charge in [-0.1, -0.05) is 90.5 Å². The van der Waals surface area contributed by atoms with Crippen molar-refractivity contribution in [2.45, 2.75) is 62.6 Å². The van der Waals surface area contributed by atoms with Crippen LogP contribution in [0.2, 0.25) is 15.1 Å². The van der Waals surface area contributed by atoms with Crippen molar-refractivity contribution in [3.63, 3.8) is 0 Å². The minimum Gasteiger partial charge on any atom is -0.352 e. The summed E-state index contributed by atoms with van der Waals surface area (Å²) in [6, 6.07) is 18.3. The molecule has 0 bridgehead atoms. The van der Waals surface area contributed by atoms with Crippen molar-refractivity contribution in [3.8, 4) is 0 Å². The summed E-state index contributed by atoms with van der Waals surface area (Å²) in [7, 11) is -4.20. The van der Waals surface area contributed by atoms with E-state index in [1.165, 1.54) is 17.0 Å². The number of anilines is 1. The SMILES string of the molecule is C[C@@H](C(=O)NC1CCCCC1)N(Cc1ccc(Cl)c(Cl)c1)C(=O)CN(c1ccccc1Cl)S(=O)(=O)c1ccccc1. The maximum absolute atomic E-state index is 14.0. The third-order valence-corrected chi connectivity index (χ3v) is 10.0. The minimum absolute atomic E-state index is 0.00634. The Balaban J connectivity index is 1.69. The lowest BCUT2D eigenvalue weighted by Crippen LogP contribution is -2.53. The molecule has 1 aliphatic carbocycles. The molecule has 11 heteroatoms. The summed E-state index contributed by atoms with van der Waals surface area (Å²) < 4.78 is 28.7. The van der Waals surface area contributed by atoms with Crippen molar-refractivity contribution in [1.82, 2.24) is 10.2 Å². The Morgan fingerprint density at radius 3 is 2.20 bits per heavy atom. The molecule has 218 valence electrons. The van der Waals surface area contributed by atoms with Crippen LogP contribution in [0.1, 0.15) is 44.6 Å². The van der Waals surface area contributed by atoms with Gasteiger partial charge in [-0.2, -0.15) is 0 Å². The fourth-order valence-electron chi connectivity index (χ4n) is 4.87. The van der Waals surface area contributed by atoms with Crippen LogP contribution in [0.15, 0.2) is 77.7 Å². The van der Waals surface area contributed by atoms with Gasteiger partial charge in [-0.25, -0.2) is 8.42 Å². The van der Waals surface area contributed by atoms with E-state index < -0.39 is 28.5 Å². The van der Waals surface area contributed by atoms with Crippen molar-refractivity contribution < 1.29 is 18.0 Å². The fourth-order valence-corrected chi connectivity index (χ4v) is 6.94. The molecule has 1 fully saturated rings. The molecule has 0 saturated heterocycles. The van der Waals surface area contributed by atoms with Crippen LogP contribution < -0.4 is 9.62 Å². The van der Waals surface area contributed by atoms with Gasteiger partial charge in [0.15, 0.2) is 0 Å². The van der Waals surface area contributed by atoms with E-state index >= 15 is 0 Å². The second kappa shape index (κ2) is 13.9. The van der Waals surface area contributed by atoms with Crippen LogP contribution in [0, 0.1) is 0 Å². The smallest absolute Gasteiger partial charge is 0.264 e. The maximum Gasteiger partial charge on any atom is 0.264 e. The monoisotopic (exact) mass is 635 g/mol. The van der Waals surface area contributed by atoms with E-state index in [0.29, 0.717) is 15.6 Å². The first kappa shape index (κ1) is 31.2. The number of carbonyl (C=O) groups is 2. The van der Waals surface area contributed by atoms with Gasteiger partial charge in [0, 0.05) is 12.6 Å². The molecule has 0 heterocycles.